The fourth-order valence-corrected chi connectivity index (χ4v) is 2.84. The molecule has 0 amide bonds. The quantitative estimate of drug-likeness (QED) is 0.881. The fraction of sp³-hybridized carbons (Fsp3) is 0.357. The van der Waals surface area contributed by atoms with Crippen LogP contribution in [0.25, 0.3) is 0 Å². The van der Waals surface area contributed by atoms with Gasteiger partial charge < -0.3 is 5.32 Å². The molecular formula is C14H14BrF2N3. The predicted molar refractivity (Wildman–Crippen MR) is 77.1 cm³/mol. The van der Waals surface area contributed by atoms with E-state index in [2.05, 4.69) is 26.3 Å². The lowest BCUT2D eigenvalue weighted by molar-refractivity contribution is 0.0657. The maximum atomic E-state index is 13.3. The summed E-state index contributed by atoms with van der Waals surface area (Å²) in [5, 5.41) is 7.45. The first-order valence-electron chi connectivity index (χ1n) is 6.41. The van der Waals surface area contributed by atoms with Gasteiger partial charge in [-0.2, -0.15) is 5.10 Å². The number of rotatable bonds is 2. The summed E-state index contributed by atoms with van der Waals surface area (Å²) in [6.45, 7) is 1.81. The van der Waals surface area contributed by atoms with Gasteiger partial charge in [-0.05, 0) is 31.0 Å². The summed E-state index contributed by atoms with van der Waals surface area (Å²) in [6, 6.07) is 8.54. The highest BCUT2D eigenvalue weighted by Crippen LogP contribution is 2.38. The van der Waals surface area contributed by atoms with Crippen LogP contribution >= 0.6 is 15.9 Å². The molecule has 1 aliphatic heterocycles. The molecule has 20 heavy (non-hydrogen) atoms. The van der Waals surface area contributed by atoms with Crippen LogP contribution in [0.4, 0.5) is 14.6 Å². The molecule has 1 aromatic heterocycles. The van der Waals surface area contributed by atoms with Gasteiger partial charge in [0, 0.05) is 10.5 Å². The minimum atomic E-state index is -2.42. The van der Waals surface area contributed by atoms with Gasteiger partial charge in [0.1, 0.15) is 11.9 Å². The molecule has 3 nitrogen and oxygen atoms in total. The van der Waals surface area contributed by atoms with Crippen LogP contribution in [0.5, 0.6) is 0 Å². The molecule has 0 aliphatic carbocycles. The van der Waals surface area contributed by atoms with Crippen molar-refractivity contribution in [3.63, 3.8) is 0 Å². The zero-order valence-electron chi connectivity index (χ0n) is 10.9. The standard InChI is InChI=1S/C14H14BrF2N3/c1-8-6-13-18-11(9-2-4-10(15)5-3-9)7-12(14(16)17)20(13)19-8/h2-6,11-12,14,18H,7H2,1H3. The minimum absolute atomic E-state index is 0.120. The number of nitrogens with zero attached hydrogens (tertiary/aromatic N) is 2. The Morgan fingerprint density at radius 2 is 2.05 bits per heavy atom. The van der Waals surface area contributed by atoms with Gasteiger partial charge in [0.25, 0.3) is 6.43 Å². The van der Waals surface area contributed by atoms with Crippen molar-refractivity contribution < 1.29 is 8.78 Å². The summed E-state index contributed by atoms with van der Waals surface area (Å²) in [4.78, 5) is 0. The van der Waals surface area contributed by atoms with Gasteiger partial charge in [0.2, 0.25) is 0 Å². The number of alkyl halides is 2. The van der Waals surface area contributed by atoms with Gasteiger partial charge in [-0.1, -0.05) is 28.1 Å². The lowest BCUT2D eigenvalue weighted by Crippen LogP contribution is -2.30. The Bertz CT molecular complexity index is 609. The van der Waals surface area contributed by atoms with Crippen LogP contribution < -0.4 is 5.32 Å². The molecule has 0 bridgehead atoms. The Kier molecular flexibility index (Phi) is 3.50. The topological polar surface area (TPSA) is 29.9 Å². The van der Waals surface area contributed by atoms with Crippen molar-refractivity contribution in [1.82, 2.24) is 9.78 Å². The molecule has 2 heterocycles. The van der Waals surface area contributed by atoms with E-state index < -0.39 is 12.5 Å². The Morgan fingerprint density at radius 3 is 2.70 bits per heavy atom. The summed E-state index contributed by atoms with van der Waals surface area (Å²) in [6.07, 6.45) is -2.10. The Balaban J connectivity index is 1.95. The predicted octanol–water partition coefficient (Wildman–Crippen LogP) is 4.32. The maximum absolute atomic E-state index is 13.3. The number of aryl methyl sites for hydroxylation is 1. The minimum Gasteiger partial charge on any atom is -0.363 e. The molecule has 0 radical (unpaired) electrons. The fourth-order valence-electron chi connectivity index (χ4n) is 2.58. The van der Waals surface area contributed by atoms with Gasteiger partial charge in [-0.15, -0.1) is 0 Å². The van der Waals surface area contributed by atoms with E-state index in [0.717, 1.165) is 15.7 Å². The molecule has 3 rings (SSSR count). The summed E-state index contributed by atoms with van der Waals surface area (Å²) < 4.78 is 28.9. The molecule has 106 valence electrons. The number of nitrogens with one attached hydrogen (secondary N) is 1. The van der Waals surface area contributed by atoms with Gasteiger partial charge in [-0.25, -0.2) is 13.5 Å². The van der Waals surface area contributed by atoms with Crippen molar-refractivity contribution in [3.05, 3.63) is 46.1 Å². The molecule has 0 fully saturated rings. The third-order valence-electron chi connectivity index (χ3n) is 3.53. The van der Waals surface area contributed by atoms with Crippen LogP contribution in [0, 0.1) is 6.92 Å². The largest absolute Gasteiger partial charge is 0.363 e. The van der Waals surface area contributed by atoms with E-state index in [1.807, 2.05) is 31.2 Å². The first-order chi connectivity index (χ1) is 9.54. The van der Waals surface area contributed by atoms with E-state index in [-0.39, 0.29) is 6.04 Å². The molecule has 0 saturated carbocycles. The maximum Gasteiger partial charge on any atom is 0.260 e. The highest BCUT2D eigenvalue weighted by Gasteiger charge is 2.34. The zero-order valence-corrected chi connectivity index (χ0v) is 12.4. The first kappa shape index (κ1) is 13.5. The first-order valence-corrected chi connectivity index (χ1v) is 7.20. The zero-order chi connectivity index (χ0) is 14.3. The number of fused-ring (bicyclic) bond motifs is 1. The third kappa shape index (κ3) is 2.44. The van der Waals surface area contributed by atoms with Crippen LogP contribution in [-0.2, 0) is 0 Å². The van der Waals surface area contributed by atoms with Gasteiger partial charge in [-0.3, -0.25) is 0 Å². The number of hydrogen-bond donors (Lipinski definition) is 1. The highest BCUT2D eigenvalue weighted by atomic mass is 79.9. The number of halogens is 3. The molecule has 0 saturated heterocycles. The third-order valence-corrected chi connectivity index (χ3v) is 4.06. The Labute approximate surface area is 124 Å². The number of benzene rings is 1. The Morgan fingerprint density at radius 1 is 1.35 bits per heavy atom. The smallest absolute Gasteiger partial charge is 0.260 e. The molecular weight excluding hydrogens is 328 g/mol. The van der Waals surface area contributed by atoms with Crippen molar-refractivity contribution in [2.75, 3.05) is 5.32 Å². The number of aromatic nitrogens is 2. The lowest BCUT2D eigenvalue weighted by Gasteiger charge is -2.32. The van der Waals surface area contributed by atoms with Crippen molar-refractivity contribution in [1.29, 1.82) is 0 Å². The molecule has 2 aromatic rings. The van der Waals surface area contributed by atoms with Crippen molar-refractivity contribution in [3.8, 4) is 0 Å². The van der Waals surface area contributed by atoms with Crippen molar-refractivity contribution in [2.24, 2.45) is 0 Å². The molecule has 1 N–H and O–H groups in total. The molecule has 1 aromatic carbocycles. The van der Waals surface area contributed by atoms with Crippen LogP contribution in [-0.4, -0.2) is 16.2 Å². The molecule has 0 spiro atoms. The van der Waals surface area contributed by atoms with E-state index in [9.17, 15) is 8.78 Å². The number of anilines is 1. The van der Waals surface area contributed by atoms with Crippen LogP contribution in [0.15, 0.2) is 34.8 Å². The SMILES string of the molecule is Cc1cc2n(n1)C(C(F)F)CC(c1ccc(Br)cc1)N2. The van der Waals surface area contributed by atoms with Crippen molar-refractivity contribution >= 4 is 21.7 Å². The van der Waals surface area contributed by atoms with Crippen LogP contribution in [0.3, 0.4) is 0 Å². The second kappa shape index (κ2) is 5.16. The summed E-state index contributed by atoms with van der Waals surface area (Å²) >= 11 is 3.38. The van der Waals surface area contributed by atoms with Crippen molar-refractivity contribution in [2.45, 2.75) is 31.9 Å². The summed E-state index contributed by atoms with van der Waals surface area (Å²) in [5.74, 6) is 0.659. The van der Waals surface area contributed by atoms with Gasteiger partial charge in [0.15, 0.2) is 0 Å². The van der Waals surface area contributed by atoms with E-state index in [1.54, 1.807) is 6.07 Å². The highest BCUT2D eigenvalue weighted by molar-refractivity contribution is 9.10. The molecule has 2 unspecified atom stereocenters. The molecule has 6 heteroatoms. The normalized spacial score (nSPS) is 21.6. The monoisotopic (exact) mass is 341 g/mol. The number of hydrogen-bond acceptors (Lipinski definition) is 2. The van der Waals surface area contributed by atoms with Crippen LogP contribution in [0.1, 0.15) is 29.8 Å². The summed E-state index contributed by atoms with van der Waals surface area (Å²) in [7, 11) is 0. The summed E-state index contributed by atoms with van der Waals surface area (Å²) in [5.41, 5.74) is 1.75. The molecule has 1 aliphatic rings. The van der Waals surface area contributed by atoms with E-state index in [1.165, 1.54) is 4.68 Å². The van der Waals surface area contributed by atoms with E-state index >= 15 is 0 Å². The van der Waals surface area contributed by atoms with Crippen LogP contribution in [0.2, 0.25) is 0 Å². The average molecular weight is 342 g/mol. The molecule has 2 atom stereocenters. The van der Waals surface area contributed by atoms with E-state index in [4.69, 9.17) is 0 Å². The average Bonchev–Trinajstić information content (AvgIpc) is 2.78. The second-order valence-corrected chi connectivity index (χ2v) is 5.92. The Hall–Kier alpha value is -1.43. The van der Waals surface area contributed by atoms with Gasteiger partial charge in [0.05, 0.1) is 11.7 Å². The second-order valence-electron chi connectivity index (χ2n) is 5.00. The van der Waals surface area contributed by atoms with E-state index in [0.29, 0.717) is 12.2 Å². The lowest BCUT2D eigenvalue weighted by atomic mass is 9.97. The van der Waals surface area contributed by atoms with Gasteiger partial charge >= 0.3 is 0 Å².